The lowest BCUT2D eigenvalue weighted by Crippen LogP contribution is -1.97. The SMILES string of the molecule is O=C(O)C=C1c2ccccc2C=C(Br)c2ccccc21. The lowest BCUT2D eigenvalue weighted by molar-refractivity contribution is -0.131. The molecule has 0 radical (unpaired) electrons. The molecule has 1 aliphatic rings. The molecule has 3 heteroatoms. The minimum Gasteiger partial charge on any atom is -0.478 e. The van der Waals surface area contributed by atoms with Gasteiger partial charge in [-0.3, -0.25) is 0 Å². The predicted octanol–water partition coefficient (Wildman–Crippen LogP) is 4.41. The van der Waals surface area contributed by atoms with Crippen LogP contribution in [0.2, 0.25) is 0 Å². The van der Waals surface area contributed by atoms with E-state index in [9.17, 15) is 4.79 Å². The summed E-state index contributed by atoms with van der Waals surface area (Å²) in [7, 11) is 0. The van der Waals surface area contributed by atoms with Crippen molar-refractivity contribution in [2.24, 2.45) is 0 Å². The summed E-state index contributed by atoms with van der Waals surface area (Å²) in [4.78, 5) is 11.2. The number of benzene rings is 2. The van der Waals surface area contributed by atoms with Gasteiger partial charge in [0.2, 0.25) is 0 Å². The van der Waals surface area contributed by atoms with Crippen molar-refractivity contribution in [2.75, 3.05) is 0 Å². The number of aliphatic carboxylic acids is 1. The lowest BCUT2D eigenvalue weighted by atomic mass is 9.93. The molecule has 0 aliphatic heterocycles. The average Bonchev–Trinajstić information content (AvgIpc) is 2.55. The number of hydrogen-bond donors (Lipinski definition) is 1. The van der Waals surface area contributed by atoms with Gasteiger partial charge in [0.05, 0.1) is 0 Å². The fraction of sp³-hybridized carbons (Fsp3) is 0. The van der Waals surface area contributed by atoms with Crippen molar-refractivity contribution < 1.29 is 9.90 Å². The minimum absolute atomic E-state index is 0.731. The molecule has 1 N–H and O–H groups in total. The maximum atomic E-state index is 11.2. The van der Waals surface area contributed by atoms with Gasteiger partial charge in [0, 0.05) is 10.6 Å². The zero-order valence-corrected chi connectivity index (χ0v) is 12.1. The molecular weight excluding hydrogens is 316 g/mol. The average molecular weight is 327 g/mol. The highest BCUT2D eigenvalue weighted by atomic mass is 79.9. The second-order valence-corrected chi connectivity index (χ2v) is 5.38. The molecule has 98 valence electrons. The fourth-order valence-electron chi connectivity index (χ4n) is 2.43. The van der Waals surface area contributed by atoms with Crippen LogP contribution in [0.3, 0.4) is 0 Å². The fourth-order valence-corrected chi connectivity index (χ4v) is 3.03. The molecule has 0 saturated carbocycles. The van der Waals surface area contributed by atoms with Crippen LogP contribution in [0.1, 0.15) is 22.3 Å². The van der Waals surface area contributed by atoms with E-state index in [1.165, 1.54) is 6.08 Å². The summed E-state index contributed by atoms with van der Waals surface area (Å²) >= 11 is 3.59. The molecule has 0 saturated heterocycles. The first-order valence-electron chi connectivity index (χ1n) is 6.18. The highest BCUT2D eigenvalue weighted by Gasteiger charge is 2.18. The first-order valence-corrected chi connectivity index (χ1v) is 6.97. The summed E-state index contributed by atoms with van der Waals surface area (Å²) in [5, 5.41) is 9.17. The van der Waals surface area contributed by atoms with Gasteiger partial charge in [-0.2, -0.15) is 0 Å². The van der Waals surface area contributed by atoms with Crippen molar-refractivity contribution in [1.82, 2.24) is 0 Å². The standard InChI is InChI=1S/C17H11BrO2/c18-16-9-11-5-1-2-6-12(11)15(10-17(19)20)13-7-3-4-8-14(13)16/h1-10H,(H,19,20). The zero-order chi connectivity index (χ0) is 14.1. The third-order valence-corrected chi connectivity index (χ3v) is 3.93. The Hall–Kier alpha value is -2.13. The van der Waals surface area contributed by atoms with Gasteiger partial charge in [0.25, 0.3) is 0 Å². The van der Waals surface area contributed by atoms with E-state index in [4.69, 9.17) is 5.11 Å². The minimum atomic E-state index is -0.942. The summed E-state index contributed by atoms with van der Waals surface area (Å²) in [6.45, 7) is 0. The molecule has 2 nitrogen and oxygen atoms in total. The molecule has 20 heavy (non-hydrogen) atoms. The first-order chi connectivity index (χ1) is 9.66. The van der Waals surface area contributed by atoms with Crippen molar-refractivity contribution in [3.8, 4) is 0 Å². The van der Waals surface area contributed by atoms with E-state index >= 15 is 0 Å². The molecule has 0 atom stereocenters. The van der Waals surface area contributed by atoms with E-state index in [-0.39, 0.29) is 0 Å². The third kappa shape index (κ3) is 2.21. The molecule has 0 aromatic heterocycles. The van der Waals surface area contributed by atoms with Crippen molar-refractivity contribution >= 4 is 38.0 Å². The van der Waals surface area contributed by atoms with Gasteiger partial charge in [0.1, 0.15) is 0 Å². The molecule has 2 aromatic rings. The molecular formula is C17H11BrO2. The van der Waals surface area contributed by atoms with Gasteiger partial charge in [-0.05, 0) is 33.9 Å². The van der Waals surface area contributed by atoms with E-state index < -0.39 is 5.97 Å². The van der Waals surface area contributed by atoms with E-state index in [0.717, 1.165) is 32.3 Å². The van der Waals surface area contributed by atoms with E-state index in [0.29, 0.717) is 0 Å². The normalized spacial score (nSPS) is 15.1. The molecule has 3 rings (SSSR count). The largest absolute Gasteiger partial charge is 0.478 e. The van der Waals surface area contributed by atoms with Crippen LogP contribution in [0, 0.1) is 0 Å². The maximum absolute atomic E-state index is 11.2. The number of rotatable bonds is 1. The number of carboxylic acid groups (broad SMARTS) is 1. The topological polar surface area (TPSA) is 37.3 Å². The van der Waals surface area contributed by atoms with Gasteiger partial charge in [-0.15, -0.1) is 0 Å². The molecule has 2 aromatic carbocycles. The molecule has 0 amide bonds. The Morgan fingerprint density at radius 1 is 0.950 bits per heavy atom. The number of halogens is 1. The van der Waals surface area contributed by atoms with Crippen LogP contribution < -0.4 is 0 Å². The Morgan fingerprint density at radius 3 is 2.25 bits per heavy atom. The number of carbonyl (C=O) groups is 1. The smallest absolute Gasteiger partial charge is 0.328 e. The predicted molar refractivity (Wildman–Crippen MR) is 84.4 cm³/mol. The van der Waals surface area contributed by atoms with Crippen LogP contribution in [0.5, 0.6) is 0 Å². The molecule has 0 bridgehead atoms. The number of carboxylic acids is 1. The van der Waals surface area contributed by atoms with Crippen molar-refractivity contribution in [3.05, 3.63) is 76.9 Å². The van der Waals surface area contributed by atoms with Gasteiger partial charge in [0.15, 0.2) is 0 Å². The molecule has 0 unspecified atom stereocenters. The zero-order valence-electron chi connectivity index (χ0n) is 10.5. The van der Waals surface area contributed by atoms with Gasteiger partial charge >= 0.3 is 5.97 Å². The Bertz CT molecular complexity index is 757. The second-order valence-electron chi connectivity index (χ2n) is 4.52. The van der Waals surface area contributed by atoms with Crippen LogP contribution in [0.25, 0.3) is 16.1 Å². The highest BCUT2D eigenvalue weighted by molar-refractivity contribution is 9.15. The molecule has 0 fully saturated rings. The van der Waals surface area contributed by atoms with Crippen molar-refractivity contribution in [2.45, 2.75) is 0 Å². The van der Waals surface area contributed by atoms with Crippen molar-refractivity contribution in [1.29, 1.82) is 0 Å². The summed E-state index contributed by atoms with van der Waals surface area (Å²) in [5.74, 6) is -0.942. The van der Waals surface area contributed by atoms with E-state index in [1.807, 2.05) is 54.6 Å². The summed E-state index contributed by atoms with van der Waals surface area (Å²) in [5.41, 5.74) is 4.58. The van der Waals surface area contributed by atoms with Crippen LogP contribution >= 0.6 is 15.9 Å². The van der Waals surface area contributed by atoms with Gasteiger partial charge in [-0.1, -0.05) is 64.5 Å². The van der Waals surface area contributed by atoms with Crippen LogP contribution in [0.15, 0.2) is 54.6 Å². The Labute approximate surface area is 125 Å². The Kier molecular flexibility index (Phi) is 3.28. The van der Waals surface area contributed by atoms with Gasteiger partial charge < -0.3 is 5.11 Å². The molecule has 0 heterocycles. The van der Waals surface area contributed by atoms with Crippen LogP contribution in [-0.2, 0) is 4.79 Å². The molecule has 0 spiro atoms. The maximum Gasteiger partial charge on any atom is 0.328 e. The summed E-state index contributed by atoms with van der Waals surface area (Å²) in [6.07, 6.45) is 3.30. The second kappa shape index (κ2) is 5.10. The monoisotopic (exact) mass is 326 g/mol. The summed E-state index contributed by atoms with van der Waals surface area (Å²) < 4.78 is 0.953. The Balaban J connectivity index is 2.39. The van der Waals surface area contributed by atoms with Crippen LogP contribution in [-0.4, -0.2) is 11.1 Å². The Morgan fingerprint density at radius 2 is 1.55 bits per heavy atom. The number of hydrogen-bond acceptors (Lipinski definition) is 1. The lowest BCUT2D eigenvalue weighted by Gasteiger charge is -2.11. The van der Waals surface area contributed by atoms with E-state index in [2.05, 4.69) is 15.9 Å². The third-order valence-electron chi connectivity index (χ3n) is 3.28. The molecule has 1 aliphatic carbocycles. The number of fused-ring (bicyclic) bond motifs is 2. The first kappa shape index (κ1) is 12.9. The summed E-state index contributed by atoms with van der Waals surface area (Å²) in [6, 6.07) is 15.6. The van der Waals surface area contributed by atoms with E-state index in [1.54, 1.807) is 0 Å². The highest BCUT2D eigenvalue weighted by Crippen LogP contribution is 2.39. The van der Waals surface area contributed by atoms with Crippen molar-refractivity contribution in [3.63, 3.8) is 0 Å². The van der Waals surface area contributed by atoms with Gasteiger partial charge in [-0.25, -0.2) is 4.79 Å². The quantitative estimate of drug-likeness (QED) is 0.788. The van der Waals surface area contributed by atoms with Crippen LogP contribution in [0.4, 0.5) is 0 Å².